The molecule has 1 fully saturated rings. The summed E-state index contributed by atoms with van der Waals surface area (Å²) in [4.78, 5) is 19.6. The van der Waals surface area contributed by atoms with E-state index in [2.05, 4.69) is 19.5 Å². The van der Waals surface area contributed by atoms with Crippen LogP contribution in [0.15, 0.2) is 18.2 Å². The van der Waals surface area contributed by atoms with Crippen LogP contribution in [0.3, 0.4) is 0 Å². The molecule has 2 rings (SSSR count). The van der Waals surface area contributed by atoms with Crippen LogP contribution in [0, 0.1) is 11.3 Å². The van der Waals surface area contributed by atoms with Gasteiger partial charge in [0.1, 0.15) is 17.6 Å². The molecule has 1 aromatic rings. The lowest BCUT2D eigenvalue weighted by molar-refractivity contribution is -0.142. The number of rotatable bonds is 3. The molecular formula is C13H16N4O2. The highest BCUT2D eigenvalue weighted by Crippen LogP contribution is 2.13. The predicted molar refractivity (Wildman–Crippen MR) is 69.6 cm³/mol. The van der Waals surface area contributed by atoms with Crippen molar-refractivity contribution < 1.29 is 9.53 Å². The number of methoxy groups -OCH3 is 1. The molecule has 0 N–H and O–H groups in total. The van der Waals surface area contributed by atoms with E-state index < -0.39 is 0 Å². The van der Waals surface area contributed by atoms with Crippen molar-refractivity contribution in [3.05, 3.63) is 23.9 Å². The van der Waals surface area contributed by atoms with Crippen molar-refractivity contribution >= 4 is 11.8 Å². The molecule has 0 atom stereocenters. The van der Waals surface area contributed by atoms with E-state index in [4.69, 9.17) is 5.26 Å². The van der Waals surface area contributed by atoms with E-state index in [9.17, 15) is 4.79 Å². The quantitative estimate of drug-likeness (QED) is 0.726. The maximum Gasteiger partial charge on any atom is 0.319 e. The zero-order valence-corrected chi connectivity index (χ0v) is 10.9. The second-order valence-corrected chi connectivity index (χ2v) is 4.33. The predicted octanol–water partition coefficient (Wildman–Crippen LogP) is 0.248. The first kappa shape index (κ1) is 13.3. The van der Waals surface area contributed by atoms with Crippen LogP contribution in [0.5, 0.6) is 0 Å². The summed E-state index contributed by atoms with van der Waals surface area (Å²) in [5.41, 5.74) is 0.425. The van der Waals surface area contributed by atoms with Crippen LogP contribution in [0.1, 0.15) is 5.69 Å². The molecule has 0 radical (unpaired) electrons. The maximum atomic E-state index is 11.2. The first-order valence-electron chi connectivity index (χ1n) is 6.14. The molecule has 0 unspecified atom stereocenters. The van der Waals surface area contributed by atoms with Crippen molar-refractivity contribution in [2.45, 2.75) is 0 Å². The fourth-order valence-corrected chi connectivity index (χ4v) is 2.04. The minimum atomic E-state index is -0.210. The molecule has 19 heavy (non-hydrogen) atoms. The second-order valence-electron chi connectivity index (χ2n) is 4.33. The normalized spacial score (nSPS) is 15.9. The number of carbonyl (C=O) groups excluding carboxylic acids is 1. The van der Waals surface area contributed by atoms with Crippen LogP contribution in [0.4, 0.5) is 5.82 Å². The number of nitrogens with zero attached hydrogens (tertiary/aromatic N) is 4. The minimum absolute atomic E-state index is 0.210. The van der Waals surface area contributed by atoms with Gasteiger partial charge in [-0.05, 0) is 12.1 Å². The molecule has 0 amide bonds. The number of pyridine rings is 1. The van der Waals surface area contributed by atoms with Crippen LogP contribution >= 0.6 is 0 Å². The Morgan fingerprint density at radius 3 is 2.79 bits per heavy atom. The lowest BCUT2D eigenvalue weighted by atomic mass is 10.3. The molecule has 1 saturated heterocycles. The summed E-state index contributed by atoms with van der Waals surface area (Å²) < 4.78 is 4.65. The number of piperazine rings is 1. The molecule has 6 nitrogen and oxygen atoms in total. The average molecular weight is 260 g/mol. The van der Waals surface area contributed by atoms with Crippen LogP contribution in [0.2, 0.25) is 0 Å². The molecule has 1 aliphatic rings. The maximum absolute atomic E-state index is 11.2. The smallest absolute Gasteiger partial charge is 0.319 e. The molecule has 0 aliphatic carbocycles. The van der Waals surface area contributed by atoms with Gasteiger partial charge in [0, 0.05) is 26.2 Å². The van der Waals surface area contributed by atoms with E-state index in [0.717, 1.165) is 32.0 Å². The molecule has 100 valence electrons. The monoisotopic (exact) mass is 260 g/mol. The van der Waals surface area contributed by atoms with E-state index in [1.807, 2.05) is 18.2 Å². The first-order valence-corrected chi connectivity index (χ1v) is 6.14. The molecule has 1 aromatic heterocycles. The Morgan fingerprint density at radius 2 is 2.16 bits per heavy atom. The van der Waals surface area contributed by atoms with Gasteiger partial charge in [0.15, 0.2) is 0 Å². The van der Waals surface area contributed by atoms with Gasteiger partial charge < -0.3 is 9.64 Å². The highest BCUT2D eigenvalue weighted by atomic mass is 16.5. The third kappa shape index (κ3) is 3.42. The van der Waals surface area contributed by atoms with Gasteiger partial charge in [-0.3, -0.25) is 9.69 Å². The fourth-order valence-electron chi connectivity index (χ4n) is 2.04. The van der Waals surface area contributed by atoms with E-state index in [-0.39, 0.29) is 5.97 Å². The zero-order valence-electron chi connectivity index (χ0n) is 10.9. The Bertz CT molecular complexity index is 490. The molecule has 0 bridgehead atoms. The van der Waals surface area contributed by atoms with Gasteiger partial charge in [0.05, 0.1) is 13.7 Å². The third-order valence-electron chi connectivity index (χ3n) is 3.13. The van der Waals surface area contributed by atoms with E-state index >= 15 is 0 Å². The summed E-state index contributed by atoms with van der Waals surface area (Å²) in [6, 6.07) is 7.47. The topological polar surface area (TPSA) is 69.5 Å². The largest absolute Gasteiger partial charge is 0.468 e. The minimum Gasteiger partial charge on any atom is -0.468 e. The van der Waals surface area contributed by atoms with E-state index in [1.54, 1.807) is 6.07 Å². The Morgan fingerprint density at radius 1 is 1.42 bits per heavy atom. The zero-order chi connectivity index (χ0) is 13.7. The standard InChI is InChI=1S/C13H16N4O2/c1-19-13(18)10-16-5-7-17(8-6-16)12-4-2-3-11(9-14)15-12/h2-4H,5-8,10H2,1H3. The van der Waals surface area contributed by atoms with Gasteiger partial charge in [-0.25, -0.2) is 4.98 Å². The van der Waals surface area contributed by atoms with Crippen molar-refractivity contribution in [2.24, 2.45) is 0 Å². The Hall–Kier alpha value is -2.13. The highest BCUT2D eigenvalue weighted by molar-refractivity contribution is 5.71. The van der Waals surface area contributed by atoms with Gasteiger partial charge in [-0.1, -0.05) is 6.07 Å². The van der Waals surface area contributed by atoms with Gasteiger partial charge in [-0.15, -0.1) is 0 Å². The average Bonchev–Trinajstić information content (AvgIpc) is 2.48. The van der Waals surface area contributed by atoms with Gasteiger partial charge in [0.25, 0.3) is 0 Å². The van der Waals surface area contributed by atoms with E-state index in [1.165, 1.54) is 7.11 Å². The summed E-state index contributed by atoms with van der Waals surface area (Å²) in [5, 5.41) is 8.84. The molecule has 0 aromatic carbocycles. The Balaban J connectivity index is 1.92. The van der Waals surface area contributed by atoms with Crippen molar-refractivity contribution in [3.8, 4) is 6.07 Å². The number of anilines is 1. The molecular weight excluding hydrogens is 244 g/mol. The summed E-state index contributed by atoms with van der Waals surface area (Å²) in [6.45, 7) is 3.48. The lowest BCUT2D eigenvalue weighted by Crippen LogP contribution is -2.48. The molecule has 1 aliphatic heterocycles. The fraction of sp³-hybridized carbons (Fsp3) is 0.462. The number of hydrogen-bond acceptors (Lipinski definition) is 6. The van der Waals surface area contributed by atoms with Crippen molar-refractivity contribution in [3.63, 3.8) is 0 Å². The number of hydrogen-bond donors (Lipinski definition) is 0. The molecule has 6 heteroatoms. The van der Waals surface area contributed by atoms with Crippen molar-refractivity contribution in [1.82, 2.24) is 9.88 Å². The molecule has 0 spiro atoms. The second kappa shape index (κ2) is 6.16. The van der Waals surface area contributed by atoms with Gasteiger partial charge >= 0.3 is 5.97 Å². The van der Waals surface area contributed by atoms with E-state index in [0.29, 0.717) is 12.2 Å². The number of ether oxygens (including phenoxy) is 1. The molecule has 2 heterocycles. The summed E-state index contributed by atoms with van der Waals surface area (Å²) in [6.07, 6.45) is 0. The lowest BCUT2D eigenvalue weighted by Gasteiger charge is -2.34. The van der Waals surface area contributed by atoms with Crippen molar-refractivity contribution in [1.29, 1.82) is 5.26 Å². The van der Waals surface area contributed by atoms with Crippen LogP contribution < -0.4 is 4.90 Å². The summed E-state index contributed by atoms with van der Waals surface area (Å²) in [7, 11) is 1.40. The van der Waals surface area contributed by atoms with Crippen molar-refractivity contribution in [2.75, 3.05) is 44.7 Å². The molecule has 0 saturated carbocycles. The number of esters is 1. The Kier molecular flexibility index (Phi) is 4.31. The number of aromatic nitrogens is 1. The van der Waals surface area contributed by atoms with Gasteiger partial charge in [0.2, 0.25) is 0 Å². The Labute approximate surface area is 112 Å². The number of carbonyl (C=O) groups is 1. The summed E-state index contributed by atoms with van der Waals surface area (Å²) >= 11 is 0. The summed E-state index contributed by atoms with van der Waals surface area (Å²) in [5.74, 6) is 0.606. The highest BCUT2D eigenvalue weighted by Gasteiger charge is 2.20. The van der Waals surface area contributed by atoms with Crippen LogP contribution in [0.25, 0.3) is 0 Å². The first-order chi connectivity index (χ1) is 9.22. The SMILES string of the molecule is COC(=O)CN1CCN(c2cccc(C#N)n2)CC1. The van der Waals surface area contributed by atoms with Crippen LogP contribution in [-0.4, -0.2) is 55.7 Å². The number of nitriles is 1. The third-order valence-corrected chi connectivity index (χ3v) is 3.13. The van der Waals surface area contributed by atoms with Gasteiger partial charge in [-0.2, -0.15) is 5.26 Å². The van der Waals surface area contributed by atoms with Crippen LogP contribution in [-0.2, 0) is 9.53 Å².